The first-order valence-electron chi connectivity index (χ1n) is 5.92. The van der Waals surface area contributed by atoms with Crippen molar-refractivity contribution in [1.29, 1.82) is 0 Å². The largest absolute Gasteiger partial charge is 0.456 e. The first-order chi connectivity index (χ1) is 8.81. The Kier molecular flexibility index (Phi) is 1.84. The maximum atomic E-state index is 5.86. The Bertz CT molecular complexity index is 889. The van der Waals surface area contributed by atoms with Gasteiger partial charge in [-0.05, 0) is 29.0 Å². The van der Waals surface area contributed by atoms with Gasteiger partial charge < -0.3 is 4.42 Å². The van der Waals surface area contributed by atoms with E-state index in [2.05, 4.69) is 30.3 Å². The number of benzene rings is 3. The van der Waals surface area contributed by atoms with E-state index in [0.29, 0.717) is 0 Å². The third-order valence-electron chi connectivity index (χ3n) is 3.36. The van der Waals surface area contributed by atoms with Crippen molar-refractivity contribution in [2.75, 3.05) is 0 Å². The van der Waals surface area contributed by atoms with E-state index in [9.17, 15) is 0 Å². The van der Waals surface area contributed by atoms with Crippen molar-refractivity contribution < 1.29 is 4.42 Å². The number of hydrogen-bond donors (Lipinski definition) is 0. The van der Waals surface area contributed by atoms with Crippen molar-refractivity contribution in [2.24, 2.45) is 0 Å². The quantitative estimate of drug-likeness (QED) is 0.419. The lowest BCUT2D eigenvalue weighted by Crippen LogP contribution is -1.98. The molecule has 0 unspecified atom stereocenters. The van der Waals surface area contributed by atoms with Crippen LogP contribution in [0.1, 0.15) is 0 Å². The van der Waals surface area contributed by atoms with Gasteiger partial charge in [-0.2, -0.15) is 0 Å². The summed E-state index contributed by atoms with van der Waals surface area (Å²) in [5.41, 5.74) is 2.49. The summed E-state index contributed by atoms with van der Waals surface area (Å²) in [6.07, 6.45) is 0. The minimum Gasteiger partial charge on any atom is -0.456 e. The van der Waals surface area contributed by atoms with Crippen LogP contribution in [0.5, 0.6) is 0 Å². The Labute approximate surface area is 105 Å². The normalized spacial score (nSPS) is 11.6. The van der Waals surface area contributed by atoms with Gasteiger partial charge >= 0.3 is 0 Å². The molecule has 4 aromatic rings. The maximum Gasteiger partial charge on any atom is 0.136 e. The molecule has 1 aromatic heterocycles. The predicted molar refractivity (Wildman–Crippen MR) is 76.6 cm³/mol. The molecule has 82 valence electrons. The standard InChI is InChI=1S/C16H9BO/c17-12-5-6-13-14-7-10-3-1-2-4-11(10)8-15(14)18-16(13)9-12/h1-9H. The van der Waals surface area contributed by atoms with Crippen molar-refractivity contribution in [2.45, 2.75) is 0 Å². The minimum atomic E-state index is 0.728. The van der Waals surface area contributed by atoms with E-state index in [1.807, 2.05) is 24.3 Å². The highest BCUT2D eigenvalue weighted by Gasteiger charge is 2.07. The molecule has 0 amide bonds. The van der Waals surface area contributed by atoms with Gasteiger partial charge in [0.2, 0.25) is 0 Å². The second kappa shape index (κ2) is 3.39. The SMILES string of the molecule is [B]c1ccc2c(c1)oc1cc3ccccc3cc12. The van der Waals surface area contributed by atoms with Crippen LogP contribution in [-0.2, 0) is 0 Å². The Morgan fingerprint density at radius 2 is 1.44 bits per heavy atom. The third kappa shape index (κ3) is 1.29. The van der Waals surface area contributed by atoms with Crippen LogP contribution < -0.4 is 5.46 Å². The molecule has 2 heteroatoms. The molecule has 0 saturated heterocycles. The van der Waals surface area contributed by atoms with E-state index >= 15 is 0 Å². The molecule has 0 bridgehead atoms. The number of hydrogen-bond acceptors (Lipinski definition) is 1. The van der Waals surface area contributed by atoms with Crippen molar-refractivity contribution in [3.8, 4) is 0 Å². The smallest absolute Gasteiger partial charge is 0.136 e. The van der Waals surface area contributed by atoms with Gasteiger partial charge in [-0.3, -0.25) is 0 Å². The summed E-state index contributed by atoms with van der Waals surface area (Å²) in [6.45, 7) is 0. The lowest BCUT2D eigenvalue weighted by Gasteiger charge is -1.96. The monoisotopic (exact) mass is 228 g/mol. The van der Waals surface area contributed by atoms with Crippen molar-refractivity contribution in [1.82, 2.24) is 0 Å². The van der Waals surface area contributed by atoms with Crippen LogP contribution >= 0.6 is 0 Å². The molecular weight excluding hydrogens is 219 g/mol. The summed E-state index contributed by atoms with van der Waals surface area (Å²) >= 11 is 0. The van der Waals surface area contributed by atoms with Crippen LogP contribution in [0.15, 0.2) is 59.0 Å². The molecule has 0 fully saturated rings. The Morgan fingerprint density at radius 1 is 0.722 bits per heavy atom. The molecule has 2 radical (unpaired) electrons. The predicted octanol–water partition coefficient (Wildman–Crippen LogP) is 3.53. The summed E-state index contributed by atoms with van der Waals surface area (Å²) in [4.78, 5) is 0. The number of fused-ring (bicyclic) bond motifs is 4. The van der Waals surface area contributed by atoms with Gasteiger partial charge in [0.05, 0.1) is 0 Å². The molecule has 0 N–H and O–H groups in total. The molecule has 0 aliphatic heterocycles. The van der Waals surface area contributed by atoms with Crippen LogP contribution in [0, 0.1) is 0 Å². The number of furan rings is 1. The van der Waals surface area contributed by atoms with Crippen LogP contribution in [0.2, 0.25) is 0 Å². The first kappa shape index (κ1) is 9.78. The Balaban J connectivity index is 2.23. The van der Waals surface area contributed by atoms with E-state index < -0.39 is 0 Å². The molecule has 0 spiro atoms. The zero-order chi connectivity index (χ0) is 12.1. The first-order valence-corrected chi connectivity index (χ1v) is 5.92. The Morgan fingerprint density at radius 3 is 2.28 bits per heavy atom. The average Bonchev–Trinajstić information content (AvgIpc) is 2.72. The fourth-order valence-electron chi connectivity index (χ4n) is 2.48. The summed E-state index contributed by atoms with van der Waals surface area (Å²) in [7, 11) is 5.79. The van der Waals surface area contributed by atoms with Gasteiger partial charge in [0.1, 0.15) is 19.0 Å². The maximum absolute atomic E-state index is 5.86. The van der Waals surface area contributed by atoms with E-state index in [-0.39, 0.29) is 0 Å². The lowest BCUT2D eigenvalue weighted by atomic mass is 9.95. The fourth-order valence-corrected chi connectivity index (χ4v) is 2.48. The molecular formula is C16H9BO. The molecule has 4 rings (SSSR count). The molecule has 0 saturated carbocycles. The van der Waals surface area contributed by atoms with E-state index in [1.54, 1.807) is 0 Å². The van der Waals surface area contributed by atoms with Gasteiger partial charge in [0.15, 0.2) is 0 Å². The zero-order valence-electron chi connectivity index (χ0n) is 9.68. The molecule has 18 heavy (non-hydrogen) atoms. The van der Waals surface area contributed by atoms with Gasteiger partial charge in [-0.25, -0.2) is 0 Å². The summed E-state index contributed by atoms with van der Waals surface area (Å²) in [5, 5.41) is 4.68. The minimum absolute atomic E-state index is 0.728. The van der Waals surface area contributed by atoms with Crippen LogP contribution in [0.3, 0.4) is 0 Å². The van der Waals surface area contributed by atoms with Crippen molar-refractivity contribution in [3.63, 3.8) is 0 Å². The molecule has 1 heterocycles. The summed E-state index contributed by atoms with van der Waals surface area (Å²) in [6, 6.07) is 18.4. The van der Waals surface area contributed by atoms with Crippen LogP contribution in [0.4, 0.5) is 0 Å². The summed E-state index contributed by atoms with van der Waals surface area (Å²) < 4.78 is 5.86. The van der Waals surface area contributed by atoms with Crippen LogP contribution in [0.25, 0.3) is 32.7 Å². The molecule has 0 aliphatic carbocycles. The second-order valence-electron chi connectivity index (χ2n) is 4.55. The third-order valence-corrected chi connectivity index (χ3v) is 3.36. The second-order valence-corrected chi connectivity index (χ2v) is 4.55. The van der Waals surface area contributed by atoms with Crippen molar-refractivity contribution >= 4 is 46.0 Å². The van der Waals surface area contributed by atoms with E-state index in [0.717, 1.165) is 27.4 Å². The fraction of sp³-hybridized carbons (Fsp3) is 0. The van der Waals surface area contributed by atoms with Crippen molar-refractivity contribution in [3.05, 3.63) is 54.6 Å². The Hall–Kier alpha value is -2.22. The average molecular weight is 228 g/mol. The highest BCUT2D eigenvalue weighted by molar-refractivity contribution is 6.33. The zero-order valence-corrected chi connectivity index (χ0v) is 9.68. The van der Waals surface area contributed by atoms with Gasteiger partial charge in [0, 0.05) is 10.8 Å². The molecule has 1 nitrogen and oxygen atoms in total. The number of rotatable bonds is 0. The highest BCUT2D eigenvalue weighted by atomic mass is 16.3. The van der Waals surface area contributed by atoms with Gasteiger partial charge in [-0.15, -0.1) is 0 Å². The lowest BCUT2D eigenvalue weighted by molar-refractivity contribution is 0.670. The molecule has 3 aromatic carbocycles. The van der Waals surface area contributed by atoms with E-state index in [1.165, 1.54) is 10.8 Å². The van der Waals surface area contributed by atoms with E-state index in [4.69, 9.17) is 12.3 Å². The highest BCUT2D eigenvalue weighted by Crippen LogP contribution is 2.31. The molecule has 0 aliphatic rings. The topological polar surface area (TPSA) is 13.1 Å². The van der Waals surface area contributed by atoms with Gasteiger partial charge in [-0.1, -0.05) is 41.9 Å². The summed E-state index contributed by atoms with van der Waals surface area (Å²) in [5.74, 6) is 0. The van der Waals surface area contributed by atoms with Gasteiger partial charge in [0.25, 0.3) is 0 Å². The van der Waals surface area contributed by atoms with Crippen LogP contribution in [-0.4, -0.2) is 7.85 Å². The molecule has 0 atom stereocenters.